The van der Waals surface area contributed by atoms with Crippen LogP contribution in [0.5, 0.6) is 0 Å². The van der Waals surface area contributed by atoms with Gasteiger partial charge in [0, 0.05) is 42.9 Å². The molecule has 122 valence electrons. The van der Waals surface area contributed by atoms with Crippen LogP contribution < -0.4 is 5.73 Å². The van der Waals surface area contributed by atoms with Crippen molar-refractivity contribution in [2.75, 3.05) is 27.2 Å². The summed E-state index contributed by atoms with van der Waals surface area (Å²) in [5.74, 6) is -0.712. The van der Waals surface area contributed by atoms with Crippen molar-refractivity contribution in [3.8, 4) is 6.07 Å². The number of nitrogens with two attached hydrogens (primary N) is 1. The molecule has 0 spiro atoms. The fourth-order valence-electron chi connectivity index (χ4n) is 3.67. The van der Waals surface area contributed by atoms with Gasteiger partial charge in [0.2, 0.25) is 11.7 Å². The molecule has 0 saturated carbocycles. The Morgan fingerprint density at radius 3 is 2.74 bits per heavy atom. The van der Waals surface area contributed by atoms with E-state index in [4.69, 9.17) is 15.2 Å². The van der Waals surface area contributed by atoms with E-state index < -0.39 is 5.79 Å². The smallest absolute Gasteiger partial charge is 0.218 e. The monoisotopic (exact) mass is 377 g/mol. The van der Waals surface area contributed by atoms with Crippen LogP contribution in [0, 0.1) is 17.2 Å². The van der Waals surface area contributed by atoms with Crippen LogP contribution in [-0.2, 0) is 9.47 Å². The highest BCUT2D eigenvalue weighted by atomic mass is 79.9. The average molecular weight is 378 g/mol. The van der Waals surface area contributed by atoms with Crippen molar-refractivity contribution >= 4 is 15.9 Å². The Bertz CT molecular complexity index is 667. The summed E-state index contributed by atoms with van der Waals surface area (Å²) < 4.78 is 12.7. The van der Waals surface area contributed by atoms with Crippen molar-refractivity contribution in [3.63, 3.8) is 0 Å². The molecule has 0 radical (unpaired) electrons. The average Bonchev–Trinajstić information content (AvgIpc) is 2.55. The Morgan fingerprint density at radius 2 is 2.13 bits per heavy atom. The molecule has 2 aliphatic heterocycles. The Kier molecular flexibility index (Phi) is 4.37. The van der Waals surface area contributed by atoms with Gasteiger partial charge in [-0.25, -0.2) is 0 Å². The van der Waals surface area contributed by atoms with Crippen molar-refractivity contribution in [1.82, 2.24) is 4.90 Å². The summed E-state index contributed by atoms with van der Waals surface area (Å²) >= 11 is 3.46. The minimum atomic E-state index is -0.769. The molecule has 23 heavy (non-hydrogen) atoms. The van der Waals surface area contributed by atoms with E-state index in [-0.39, 0.29) is 17.7 Å². The molecular weight excluding hydrogens is 358 g/mol. The van der Waals surface area contributed by atoms with Gasteiger partial charge in [0.25, 0.3) is 0 Å². The van der Waals surface area contributed by atoms with Crippen molar-refractivity contribution in [1.29, 1.82) is 5.26 Å². The number of allylic oxidation sites excluding steroid dienone is 1. The molecule has 3 atom stereocenters. The number of rotatable bonds is 2. The second-order valence-electron chi connectivity index (χ2n) is 6.16. The fraction of sp³-hybridized carbons (Fsp3) is 0.471. The first-order valence-electron chi connectivity index (χ1n) is 7.58. The number of likely N-dealkylation sites (tertiary alicyclic amines) is 1. The Balaban J connectivity index is 2.13. The zero-order chi connectivity index (χ0) is 16.6. The lowest BCUT2D eigenvalue weighted by Gasteiger charge is -2.51. The molecule has 0 unspecified atom stereocenters. The van der Waals surface area contributed by atoms with Gasteiger partial charge in [-0.2, -0.15) is 5.26 Å². The van der Waals surface area contributed by atoms with Crippen LogP contribution in [-0.4, -0.2) is 37.9 Å². The van der Waals surface area contributed by atoms with E-state index in [1.807, 2.05) is 24.3 Å². The molecule has 1 aromatic rings. The van der Waals surface area contributed by atoms with Gasteiger partial charge in [-0.05, 0) is 24.7 Å². The molecule has 0 bridgehead atoms. The molecule has 2 aliphatic rings. The van der Waals surface area contributed by atoms with Crippen LogP contribution in [0.3, 0.4) is 0 Å². The number of halogens is 1. The van der Waals surface area contributed by atoms with Crippen LogP contribution >= 0.6 is 15.9 Å². The van der Waals surface area contributed by atoms with Crippen LogP contribution in [0.1, 0.15) is 17.9 Å². The molecule has 1 saturated heterocycles. The summed E-state index contributed by atoms with van der Waals surface area (Å²) in [5.41, 5.74) is 7.62. The van der Waals surface area contributed by atoms with Gasteiger partial charge in [-0.15, -0.1) is 0 Å². The van der Waals surface area contributed by atoms with Crippen molar-refractivity contribution in [2.24, 2.45) is 11.7 Å². The molecule has 6 heteroatoms. The largest absolute Gasteiger partial charge is 0.446 e. The lowest BCUT2D eigenvalue weighted by atomic mass is 9.72. The lowest BCUT2D eigenvalue weighted by Crippen LogP contribution is -2.58. The van der Waals surface area contributed by atoms with E-state index in [0.717, 1.165) is 29.5 Å². The van der Waals surface area contributed by atoms with Crippen LogP contribution in [0.15, 0.2) is 40.2 Å². The molecule has 2 heterocycles. The van der Waals surface area contributed by atoms with Gasteiger partial charge in [0.1, 0.15) is 6.07 Å². The first-order chi connectivity index (χ1) is 11.0. The molecule has 5 nitrogen and oxygen atoms in total. The Hall–Kier alpha value is -1.55. The zero-order valence-electron chi connectivity index (χ0n) is 13.3. The highest BCUT2D eigenvalue weighted by Gasteiger charge is 2.54. The maximum atomic E-state index is 9.63. The quantitative estimate of drug-likeness (QED) is 0.857. The molecule has 0 amide bonds. The molecule has 1 aromatic carbocycles. The second-order valence-corrected chi connectivity index (χ2v) is 7.07. The van der Waals surface area contributed by atoms with Gasteiger partial charge in [-0.3, -0.25) is 0 Å². The Labute approximate surface area is 144 Å². The zero-order valence-corrected chi connectivity index (χ0v) is 14.8. The topological polar surface area (TPSA) is 71.5 Å². The summed E-state index contributed by atoms with van der Waals surface area (Å²) in [6.45, 7) is 1.65. The molecule has 3 rings (SSSR count). The van der Waals surface area contributed by atoms with Crippen molar-refractivity contribution in [3.05, 3.63) is 45.8 Å². The van der Waals surface area contributed by atoms with E-state index >= 15 is 0 Å². The predicted octanol–water partition coefficient (Wildman–Crippen LogP) is 2.55. The molecule has 0 aliphatic carbocycles. The first-order valence-corrected chi connectivity index (χ1v) is 8.38. The molecule has 1 fully saturated rings. The summed E-state index contributed by atoms with van der Waals surface area (Å²) in [6.07, 6.45) is 0.719. The third-order valence-corrected chi connectivity index (χ3v) is 5.40. The number of ether oxygens (including phenoxy) is 2. The lowest BCUT2D eigenvalue weighted by molar-refractivity contribution is -0.264. The standard InChI is InChI=1S/C17H20BrN3O2/c1-21-8-7-17(22-2)14(10-21)15(13(9-19)16(20)23-17)11-3-5-12(18)6-4-11/h3-6,14-15H,7-8,10,20H2,1-2H3/t14-,15+,17+/m0/s1. The van der Waals surface area contributed by atoms with Gasteiger partial charge in [-0.1, -0.05) is 28.1 Å². The number of nitrogens with zero attached hydrogens (tertiary/aromatic N) is 2. The molecule has 0 aromatic heterocycles. The first kappa shape index (κ1) is 16.3. The van der Waals surface area contributed by atoms with E-state index in [1.54, 1.807) is 7.11 Å². The van der Waals surface area contributed by atoms with Crippen LogP contribution in [0.25, 0.3) is 0 Å². The van der Waals surface area contributed by atoms with E-state index in [1.165, 1.54) is 0 Å². The highest BCUT2D eigenvalue weighted by Crippen LogP contribution is 2.49. The van der Waals surface area contributed by atoms with E-state index in [0.29, 0.717) is 5.57 Å². The normalized spacial score (nSPS) is 31.2. The van der Waals surface area contributed by atoms with Gasteiger partial charge in [0.05, 0.1) is 5.57 Å². The number of nitriles is 1. The van der Waals surface area contributed by atoms with Gasteiger partial charge in [0.15, 0.2) is 0 Å². The third kappa shape index (κ3) is 2.74. The predicted molar refractivity (Wildman–Crippen MR) is 90.1 cm³/mol. The number of hydrogen-bond donors (Lipinski definition) is 1. The SMILES string of the molecule is CO[C@@]12CCN(C)C[C@H]1[C@H](c1ccc(Br)cc1)C(C#N)=C(N)O2. The maximum absolute atomic E-state index is 9.63. The molecular formula is C17H20BrN3O2. The molecule has 2 N–H and O–H groups in total. The number of hydrogen-bond acceptors (Lipinski definition) is 5. The maximum Gasteiger partial charge on any atom is 0.218 e. The van der Waals surface area contributed by atoms with Crippen molar-refractivity contribution < 1.29 is 9.47 Å². The third-order valence-electron chi connectivity index (χ3n) is 4.87. The van der Waals surface area contributed by atoms with Gasteiger partial charge >= 0.3 is 0 Å². The highest BCUT2D eigenvalue weighted by molar-refractivity contribution is 9.10. The minimum Gasteiger partial charge on any atom is -0.446 e. The summed E-state index contributed by atoms with van der Waals surface area (Å²) in [5, 5.41) is 9.63. The Morgan fingerprint density at radius 1 is 1.43 bits per heavy atom. The van der Waals surface area contributed by atoms with E-state index in [2.05, 4.69) is 33.9 Å². The van der Waals surface area contributed by atoms with Crippen molar-refractivity contribution in [2.45, 2.75) is 18.1 Å². The van der Waals surface area contributed by atoms with Crippen LogP contribution in [0.2, 0.25) is 0 Å². The summed E-state index contributed by atoms with van der Waals surface area (Å²) in [4.78, 5) is 2.24. The number of fused-ring (bicyclic) bond motifs is 1. The van der Waals surface area contributed by atoms with Crippen LogP contribution in [0.4, 0.5) is 0 Å². The number of methoxy groups -OCH3 is 1. The second kappa shape index (κ2) is 6.16. The number of piperidine rings is 1. The summed E-state index contributed by atoms with van der Waals surface area (Å²) in [7, 11) is 3.73. The van der Waals surface area contributed by atoms with Gasteiger partial charge < -0.3 is 20.1 Å². The number of benzene rings is 1. The summed E-state index contributed by atoms with van der Waals surface area (Å²) in [6, 6.07) is 10.3. The minimum absolute atomic E-state index is 0.00868. The van der Waals surface area contributed by atoms with E-state index in [9.17, 15) is 5.26 Å². The fourth-order valence-corrected chi connectivity index (χ4v) is 3.93.